The van der Waals surface area contributed by atoms with Crippen LogP contribution in [0, 0.1) is 0 Å². The highest BCUT2D eigenvalue weighted by Crippen LogP contribution is 2.20. The fourth-order valence-electron chi connectivity index (χ4n) is 1.87. The van der Waals surface area contributed by atoms with Crippen molar-refractivity contribution in [3.05, 3.63) is 29.8 Å². The number of carbonyl (C=O) groups is 1. The van der Waals surface area contributed by atoms with E-state index < -0.39 is 0 Å². The summed E-state index contributed by atoms with van der Waals surface area (Å²) in [5, 5.41) is 0. The Bertz CT molecular complexity index is 377. The molecule has 86 valence electrons. The fraction of sp³-hybridized carbons (Fsp3) is 0.417. The minimum absolute atomic E-state index is 0.0740. The van der Waals surface area contributed by atoms with Crippen molar-refractivity contribution in [2.75, 3.05) is 25.0 Å². The van der Waals surface area contributed by atoms with E-state index in [9.17, 15) is 4.79 Å². The fourth-order valence-corrected chi connectivity index (χ4v) is 2.05. The monoisotopic (exact) mass is 238 g/mol. The molecule has 0 saturated carbocycles. The van der Waals surface area contributed by atoms with Gasteiger partial charge < -0.3 is 4.90 Å². The maximum atomic E-state index is 11.9. The van der Waals surface area contributed by atoms with Crippen LogP contribution in [0.4, 0.5) is 10.5 Å². The number of nitrogens with zero attached hydrogens (tertiary/aromatic N) is 2. The summed E-state index contributed by atoms with van der Waals surface area (Å²) in [4.78, 5) is 15.5. The van der Waals surface area contributed by atoms with Gasteiger partial charge in [-0.2, -0.15) is 0 Å². The lowest BCUT2D eigenvalue weighted by atomic mass is 10.2. The molecular weight excluding hydrogens is 224 g/mol. The number of amides is 2. The third-order valence-corrected chi connectivity index (χ3v) is 3.14. The molecule has 2 amide bonds. The van der Waals surface area contributed by atoms with Crippen LogP contribution in [0.5, 0.6) is 0 Å². The Labute approximate surface area is 101 Å². The first-order valence-electron chi connectivity index (χ1n) is 5.40. The molecule has 1 aromatic rings. The molecule has 0 aliphatic carbocycles. The molecule has 1 aromatic carbocycles. The lowest BCUT2D eigenvalue weighted by Gasteiger charge is -2.33. The van der Waals surface area contributed by atoms with E-state index in [4.69, 9.17) is 11.6 Å². The van der Waals surface area contributed by atoms with E-state index in [1.165, 1.54) is 0 Å². The molecule has 2 rings (SSSR count). The number of rotatable bonds is 2. The second-order valence-electron chi connectivity index (χ2n) is 4.01. The molecule has 1 aliphatic rings. The molecule has 0 atom stereocenters. The van der Waals surface area contributed by atoms with Crippen molar-refractivity contribution in [3.8, 4) is 0 Å². The van der Waals surface area contributed by atoms with Gasteiger partial charge >= 0.3 is 6.03 Å². The molecular formula is C12H15ClN2O. The second-order valence-corrected chi connectivity index (χ2v) is 4.28. The van der Waals surface area contributed by atoms with Gasteiger partial charge in [0.25, 0.3) is 0 Å². The molecule has 1 saturated heterocycles. The number of alkyl halides is 1. The summed E-state index contributed by atoms with van der Waals surface area (Å²) in [5.41, 5.74) is 2.02. The summed E-state index contributed by atoms with van der Waals surface area (Å²) in [5.74, 6) is 0.508. The van der Waals surface area contributed by atoms with Gasteiger partial charge in [-0.15, -0.1) is 11.6 Å². The first kappa shape index (κ1) is 11.3. The largest absolute Gasteiger partial charge is 0.327 e. The molecule has 0 bridgehead atoms. The Morgan fingerprint density at radius 1 is 1.25 bits per heavy atom. The Hall–Kier alpha value is -1.22. The highest BCUT2D eigenvalue weighted by atomic mass is 35.5. The SMILES string of the molecule is CN1CCCN(c2ccc(CCl)cc2)C1=O. The maximum absolute atomic E-state index is 11.9. The molecule has 1 fully saturated rings. The first-order chi connectivity index (χ1) is 7.72. The van der Waals surface area contributed by atoms with Gasteiger partial charge in [-0.25, -0.2) is 4.79 Å². The lowest BCUT2D eigenvalue weighted by Crippen LogP contribution is -2.47. The quantitative estimate of drug-likeness (QED) is 0.727. The third-order valence-electron chi connectivity index (χ3n) is 2.84. The van der Waals surface area contributed by atoms with Crippen LogP contribution in [0.2, 0.25) is 0 Å². The Morgan fingerprint density at radius 3 is 2.56 bits per heavy atom. The summed E-state index contributed by atoms with van der Waals surface area (Å²) in [6.07, 6.45) is 1.01. The molecule has 0 spiro atoms. The molecule has 0 radical (unpaired) electrons. The Kier molecular flexibility index (Phi) is 3.34. The van der Waals surface area contributed by atoms with Crippen molar-refractivity contribution in [2.45, 2.75) is 12.3 Å². The zero-order valence-electron chi connectivity index (χ0n) is 9.32. The summed E-state index contributed by atoms with van der Waals surface area (Å²) >= 11 is 5.73. The molecule has 0 N–H and O–H groups in total. The van der Waals surface area contributed by atoms with E-state index in [1.54, 1.807) is 4.90 Å². The molecule has 1 heterocycles. The van der Waals surface area contributed by atoms with Crippen LogP contribution in [-0.2, 0) is 5.88 Å². The number of hydrogen-bond acceptors (Lipinski definition) is 1. The Balaban J connectivity index is 2.19. The molecule has 3 nitrogen and oxygen atoms in total. The average molecular weight is 239 g/mol. The molecule has 0 unspecified atom stereocenters. The lowest BCUT2D eigenvalue weighted by molar-refractivity contribution is 0.207. The van der Waals surface area contributed by atoms with Gasteiger partial charge in [-0.3, -0.25) is 4.90 Å². The number of halogens is 1. The number of benzene rings is 1. The smallest absolute Gasteiger partial charge is 0.324 e. The Morgan fingerprint density at radius 2 is 1.94 bits per heavy atom. The second kappa shape index (κ2) is 4.74. The van der Waals surface area contributed by atoms with Crippen molar-refractivity contribution in [1.82, 2.24) is 4.90 Å². The van der Waals surface area contributed by atoms with Crippen LogP contribution in [0.15, 0.2) is 24.3 Å². The van der Waals surface area contributed by atoms with E-state index in [1.807, 2.05) is 36.2 Å². The van der Waals surface area contributed by atoms with Gasteiger partial charge in [0.05, 0.1) is 0 Å². The number of anilines is 1. The maximum Gasteiger partial charge on any atom is 0.324 e. The van der Waals surface area contributed by atoms with Crippen LogP contribution in [0.1, 0.15) is 12.0 Å². The summed E-state index contributed by atoms with van der Waals surface area (Å²) in [7, 11) is 1.83. The van der Waals surface area contributed by atoms with E-state index in [2.05, 4.69) is 0 Å². The van der Waals surface area contributed by atoms with Crippen molar-refractivity contribution in [2.24, 2.45) is 0 Å². The van der Waals surface area contributed by atoms with Gasteiger partial charge in [-0.1, -0.05) is 12.1 Å². The summed E-state index contributed by atoms with van der Waals surface area (Å²) in [6.45, 7) is 1.64. The number of urea groups is 1. The standard InChI is InChI=1S/C12H15ClN2O/c1-14-7-2-8-15(12(14)16)11-5-3-10(9-13)4-6-11/h3-6H,2,7-9H2,1H3. The van der Waals surface area contributed by atoms with Gasteiger partial charge in [0, 0.05) is 31.7 Å². The van der Waals surface area contributed by atoms with Crippen molar-refractivity contribution >= 4 is 23.3 Å². The molecule has 0 aromatic heterocycles. The van der Waals surface area contributed by atoms with E-state index in [-0.39, 0.29) is 6.03 Å². The van der Waals surface area contributed by atoms with Crippen LogP contribution >= 0.6 is 11.6 Å². The van der Waals surface area contributed by atoms with Gasteiger partial charge in [0.1, 0.15) is 0 Å². The molecule has 4 heteroatoms. The average Bonchev–Trinajstić information content (AvgIpc) is 2.33. The summed E-state index contributed by atoms with van der Waals surface area (Å²) < 4.78 is 0. The topological polar surface area (TPSA) is 23.6 Å². The number of carbonyl (C=O) groups excluding carboxylic acids is 1. The van der Waals surface area contributed by atoms with Crippen LogP contribution < -0.4 is 4.90 Å². The third kappa shape index (κ3) is 2.14. The minimum atomic E-state index is 0.0740. The van der Waals surface area contributed by atoms with Gasteiger partial charge in [0.15, 0.2) is 0 Å². The van der Waals surface area contributed by atoms with Crippen molar-refractivity contribution < 1.29 is 4.79 Å². The van der Waals surface area contributed by atoms with E-state index in [0.29, 0.717) is 5.88 Å². The van der Waals surface area contributed by atoms with E-state index >= 15 is 0 Å². The predicted octanol–water partition coefficient (Wildman–Crippen LogP) is 2.69. The van der Waals surface area contributed by atoms with E-state index in [0.717, 1.165) is 30.8 Å². The van der Waals surface area contributed by atoms with Crippen LogP contribution in [0.3, 0.4) is 0 Å². The van der Waals surface area contributed by atoms with Crippen molar-refractivity contribution in [1.29, 1.82) is 0 Å². The van der Waals surface area contributed by atoms with Crippen molar-refractivity contribution in [3.63, 3.8) is 0 Å². The zero-order chi connectivity index (χ0) is 11.5. The van der Waals surface area contributed by atoms with Crippen LogP contribution in [0.25, 0.3) is 0 Å². The molecule has 16 heavy (non-hydrogen) atoms. The zero-order valence-corrected chi connectivity index (χ0v) is 10.1. The summed E-state index contributed by atoms with van der Waals surface area (Å²) in [6, 6.07) is 7.91. The predicted molar refractivity (Wildman–Crippen MR) is 66.0 cm³/mol. The number of hydrogen-bond donors (Lipinski definition) is 0. The van der Waals surface area contributed by atoms with Gasteiger partial charge in [-0.05, 0) is 24.1 Å². The van der Waals surface area contributed by atoms with Gasteiger partial charge in [0.2, 0.25) is 0 Å². The van der Waals surface area contributed by atoms with Crippen LogP contribution in [-0.4, -0.2) is 31.1 Å². The highest BCUT2D eigenvalue weighted by Gasteiger charge is 2.23. The first-order valence-corrected chi connectivity index (χ1v) is 5.93. The molecule has 1 aliphatic heterocycles. The highest BCUT2D eigenvalue weighted by molar-refractivity contribution is 6.17. The normalized spacial score (nSPS) is 16.8. The minimum Gasteiger partial charge on any atom is -0.327 e.